The molecule has 0 atom stereocenters. The van der Waals surface area contributed by atoms with Crippen molar-refractivity contribution in [3.63, 3.8) is 0 Å². The molecule has 4 nitrogen and oxygen atoms in total. The molecule has 0 N–H and O–H groups in total. The molecule has 2 aromatic heterocycles. The molecule has 5 aromatic rings. The first-order valence-electron chi connectivity index (χ1n) is 9.79. The molecular weight excluding hydrogens is 429 g/mol. The van der Waals surface area contributed by atoms with Crippen molar-refractivity contribution in [3.8, 4) is 16.9 Å². The number of para-hydroxylation sites is 1. The Morgan fingerprint density at radius 3 is 2.26 bits per heavy atom. The van der Waals surface area contributed by atoms with Crippen molar-refractivity contribution in [2.75, 3.05) is 0 Å². The summed E-state index contributed by atoms with van der Waals surface area (Å²) in [5.41, 5.74) is 3.69. The molecule has 0 aliphatic rings. The predicted molar refractivity (Wildman–Crippen MR) is 126 cm³/mol. The van der Waals surface area contributed by atoms with Gasteiger partial charge in [-0.2, -0.15) is 5.10 Å². The lowest BCUT2D eigenvalue weighted by Crippen LogP contribution is -2.20. The van der Waals surface area contributed by atoms with Gasteiger partial charge in [-0.1, -0.05) is 77.8 Å². The van der Waals surface area contributed by atoms with Gasteiger partial charge in [-0.25, -0.2) is 4.68 Å². The van der Waals surface area contributed by atoms with Crippen LogP contribution in [0.4, 0.5) is 0 Å². The van der Waals surface area contributed by atoms with Crippen LogP contribution in [0.1, 0.15) is 5.56 Å². The lowest BCUT2D eigenvalue weighted by atomic mass is 10.1. The Morgan fingerprint density at radius 1 is 0.806 bits per heavy atom. The summed E-state index contributed by atoms with van der Waals surface area (Å²) in [5, 5.41) is 6.66. The van der Waals surface area contributed by atoms with Crippen LogP contribution in [0.5, 0.6) is 0 Å². The first-order valence-corrected chi connectivity index (χ1v) is 10.5. The van der Waals surface area contributed by atoms with E-state index in [2.05, 4.69) is 0 Å². The number of pyridine rings is 1. The van der Waals surface area contributed by atoms with E-state index in [1.165, 1.54) is 0 Å². The number of benzene rings is 3. The van der Waals surface area contributed by atoms with E-state index < -0.39 is 0 Å². The fraction of sp³-hybridized carbons (Fsp3) is 0.0400. The van der Waals surface area contributed by atoms with E-state index in [9.17, 15) is 4.79 Å². The lowest BCUT2D eigenvalue weighted by Gasteiger charge is -2.10. The third-order valence-corrected chi connectivity index (χ3v) is 5.77. The summed E-state index contributed by atoms with van der Waals surface area (Å²) < 4.78 is 3.41. The number of hydrogen-bond donors (Lipinski definition) is 0. The van der Waals surface area contributed by atoms with Crippen molar-refractivity contribution in [2.24, 2.45) is 0 Å². The molecule has 0 bridgehead atoms. The summed E-state index contributed by atoms with van der Waals surface area (Å²) in [6.07, 6.45) is 1.82. The van der Waals surface area contributed by atoms with E-state index in [1.54, 1.807) is 9.25 Å². The molecule has 0 unspecified atom stereocenters. The Labute approximate surface area is 188 Å². The number of nitrogens with zero attached hydrogens (tertiary/aromatic N) is 3. The minimum atomic E-state index is -0.151. The van der Waals surface area contributed by atoms with E-state index in [-0.39, 0.29) is 5.56 Å². The highest BCUT2D eigenvalue weighted by molar-refractivity contribution is 6.32. The molecule has 2 heterocycles. The summed E-state index contributed by atoms with van der Waals surface area (Å²) >= 11 is 12.6. The van der Waals surface area contributed by atoms with E-state index in [4.69, 9.17) is 28.3 Å². The normalized spacial score (nSPS) is 11.2. The molecule has 3 aromatic carbocycles. The topological polar surface area (TPSA) is 39.8 Å². The maximum atomic E-state index is 13.3. The van der Waals surface area contributed by atoms with Crippen LogP contribution in [0, 0.1) is 0 Å². The first-order chi connectivity index (χ1) is 15.1. The monoisotopic (exact) mass is 445 g/mol. The molecule has 6 heteroatoms. The number of rotatable bonds is 4. The fourth-order valence-electron chi connectivity index (χ4n) is 3.70. The Kier molecular flexibility index (Phi) is 5.10. The summed E-state index contributed by atoms with van der Waals surface area (Å²) in [5.74, 6) is 0. The Bertz CT molecular complexity index is 1440. The number of hydrogen-bond acceptors (Lipinski definition) is 2. The lowest BCUT2D eigenvalue weighted by molar-refractivity contribution is 0.764. The second-order valence-corrected chi connectivity index (χ2v) is 8.06. The molecule has 0 aliphatic carbocycles. The summed E-state index contributed by atoms with van der Waals surface area (Å²) in [7, 11) is 0. The van der Waals surface area contributed by atoms with Crippen LogP contribution in [-0.4, -0.2) is 14.3 Å². The average molecular weight is 446 g/mol. The van der Waals surface area contributed by atoms with Crippen LogP contribution < -0.4 is 5.56 Å². The van der Waals surface area contributed by atoms with Gasteiger partial charge in [0.1, 0.15) is 0 Å². The van der Waals surface area contributed by atoms with Crippen molar-refractivity contribution >= 4 is 34.1 Å². The van der Waals surface area contributed by atoms with Crippen LogP contribution in [-0.2, 0) is 6.54 Å². The Balaban J connectivity index is 1.75. The van der Waals surface area contributed by atoms with Crippen molar-refractivity contribution in [1.29, 1.82) is 0 Å². The van der Waals surface area contributed by atoms with Gasteiger partial charge in [0.2, 0.25) is 0 Å². The molecule has 31 heavy (non-hydrogen) atoms. The zero-order valence-electron chi connectivity index (χ0n) is 16.4. The maximum absolute atomic E-state index is 13.3. The minimum Gasteiger partial charge on any atom is -0.309 e. The van der Waals surface area contributed by atoms with Crippen molar-refractivity contribution in [3.05, 3.63) is 117 Å². The maximum Gasteiger partial charge on any atom is 0.279 e. The second kappa shape index (κ2) is 8.06. The van der Waals surface area contributed by atoms with Crippen LogP contribution in [0.3, 0.4) is 0 Å². The average Bonchev–Trinajstić information content (AvgIpc) is 3.17. The zero-order valence-corrected chi connectivity index (χ0v) is 17.9. The number of halogens is 2. The van der Waals surface area contributed by atoms with Crippen molar-refractivity contribution < 1.29 is 0 Å². The molecule has 0 spiro atoms. The molecule has 0 amide bonds. The Morgan fingerprint density at radius 2 is 1.52 bits per heavy atom. The molecule has 152 valence electrons. The van der Waals surface area contributed by atoms with Gasteiger partial charge >= 0.3 is 0 Å². The first kappa shape index (κ1) is 19.6. The van der Waals surface area contributed by atoms with Gasteiger partial charge in [0.25, 0.3) is 5.56 Å². The van der Waals surface area contributed by atoms with E-state index in [1.807, 2.05) is 91.1 Å². The molecule has 0 saturated carbocycles. The second-order valence-electron chi connectivity index (χ2n) is 7.22. The van der Waals surface area contributed by atoms with Crippen LogP contribution in [0.2, 0.25) is 10.0 Å². The molecule has 0 radical (unpaired) electrons. The standard InChI is InChI=1S/C25H17Cl2N3O/c26-19-12-10-18(11-13-19)24-20-14-15-29(16-17-6-2-1-3-7-17)25(31)23(20)28-30(24)22-9-5-4-8-21(22)27/h1-15H,16H2. The molecule has 0 aliphatic heterocycles. The van der Waals surface area contributed by atoms with Gasteiger partial charge in [-0.05, 0) is 35.9 Å². The van der Waals surface area contributed by atoms with Gasteiger partial charge in [0.05, 0.1) is 22.9 Å². The molecule has 0 fully saturated rings. The highest BCUT2D eigenvalue weighted by atomic mass is 35.5. The zero-order chi connectivity index (χ0) is 21.4. The van der Waals surface area contributed by atoms with Gasteiger partial charge in [0, 0.05) is 22.2 Å². The van der Waals surface area contributed by atoms with Gasteiger partial charge in [-0.15, -0.1) is 0 Å². The summed E-state index contributed by atoms with van der Waals surface area (Å²) in [6.45, 7) is 0.477. The summed E-state index contributed by atoms with van der Waals surface area (Å²) in [4.78, 5) is 13.3. The molecule has 0 saturated heterocycles. The highest BCUT2D eigenvalue weighted by Gasteiger charge is 2.19. The van der Waals surface area contributed by atoms with Gasteiger partial charge in [-0.3, -0.25) is 4.79 Å². The van der Waals surface area contributed by atoms with Crippen LogP contribution >= 0.6 is 23.2 Å². The minimum absolute atomic E-state index is 0.151. The molecule has 5 rings (SSSR count). The largest absolute Gasteiger partial charge is 0.309 e. The van der Waals surface area contributed by atoms with E-state index >= 15 is 0 Å². The van der Waals surface area contributed by atoms with E-state index in [0.717, 1.165) is 22.2 Å². The third-order valence-electron chi connectivity index (χ3n) is 5.20. The Hall–Kier alpha value is -3.34. The van der Waals surface area contributed by atoms with Crippen LogP contribution in [0.25, 0.3) is 27.8 Å². The van der Waals surface area contributed by atoms with E-state index in [0.29, 0.717) is 27.8 Å². The smallest absolute Gasteiger partial charge is 0.279 e. The summed E-state index contributed by atoms with van der Waals surface area (Å²) in [6, 6.07) is 26.7. The molecular formula is C25H17Cl2N3O. The van der Waals surface area contributed by atoms with Crippen LogP contribution in [0.15, 0.2) is 95.9 Å². The highest BCUT2D eigenvalue weighted by Crippen LogP contribution is 2.32. The fourth-order valence-corrected chi connectivity index (χ4v) is 4.04. The predicted octanol–water partition coefficient (Wildman–Crippen LogP) is 6.21. The van der Waals surface area contributed by atoms with Gasteiger partial charge in [0.15, 0.2) is 5.52 Å². The van der Waals surface area contributed by atoms with Crippen molar-refractivity contribution in [2.45, 2.75) is 6.54 Å². The SMILES string of the molecule is O=c1c2nn(-c3ccccc3Cl)c(-c3ccc(Cl)cc3)c2ccn1Cc1ccccc1. The third kappa shape index (κ3) is 3.65. The quantitative estimate of drug-likeness (QED) is 0.329. The number of aromatic nitrogens is 3. The number of fused-ring (bicyclic) bond motifs is 1. The van der Waals surface area contributed by atoms with Crippen molar-refractivity contribution in [1.82, 2.24) is 14.3 Å². The van der Waals surface area contributed by atoms with Gasteiger partial charge < -0.3 is 4.57 Å².